The molecule has 2 saturated heterocycles. The van der Waals surface area contributed by atoms with Crippen molar-refractivity contribution in [1.82, 2.24) is 15.0 Å². The van der Waals surface area contributed by atoms with Gasteiger partial charge in [0.1, 0.15) is 6.10 Å². The molecule has 0 saturated carbocycles. The summed E-state index contributed by atoms with van der Waals surface area (Å²) in [6.07, 6.45) is 4.27. The molecule has 0 N–H and O–H groups in total. The van der Waals surface area contributed by atoms with Gasteiger partial charge in [0.15, 0.2) is 5.82 Å². The van der Waals surface area contributed by atoms with Gasteiger partial charge in [-0.25, -0.2) is 0 Å². The molecule has 0 aliphatic carbocycles. The van der Waals surface area contributed by atoms with Gasteiger partial charge in [0, 0.05) is 32.0 Å². The standard InChI is InChI=1S/C16H25N3O3/c1-11(2)10-14-17-15(22-18-14)12-5-7-19(8-6-12)16(20)13-4-3-9-21-13/h11-13H,3-10H2,1-2H3/t13-/m1/s1. The maximum atomic E-state index is 12.3. The summed E-state index contributed by atoms with van der Waals surface area (Å²) < 4.78 is 10.9. The van der Waals surface area contributed by atoms with Gasteiger partial charge in [-0.1, -0.05) is 19.0 Å². The van der Waals surface area contributed by atoms with Crippen LogP contribution in [0.2, 0.25) is 0 Å². The summed E-state index contributed by atoms with van der Waals surface area (Å²) in [5, 5.41) is 4.06. The molecule has 2 aliphatic heterocycles. The molecule has 1 aromatic rings. The summed E-state index contributed by atoms with van der Waals surface area (Å²) in [6, 6.07) is 0. The summed E-state index contributed by atoms with van der Waals surface area (Å²) in [4.78, 5) is 18.8. The van der Waals surface area contributed by atoms with Gasteiger partial charge in [-0.3, -0.25) is 4.79 Å². The van der Waals surface area contributed by atoms with Crippen molar-refractivity contribution in [2.24, 2.45) is 5.92 Å². The Balaban J connectivity index is 1.52. The molecule has 2 fully saturated rings. The van der Waals surface area contributed by atoms with E-state index in [1.807, 2.05) is 4.90 Å². The van der Waals surface area contributed by atoms with Crippen LogP contribution in [0.1, 0.15) is 57.2 Å². The van der Waals surface area contributed by atoms with Crippen LogP contribution in [0, 0.1) is 5.92 Å². The minimum atomic E-state index is -0.211. The van der Waals surface area contributed by atoms with Crippen molar-refractivity contribution in [3.63, 3.8) is 0 Å². The van der Waals surface area contributed by atoms with Gasteiger partial charge in [-0.05, 0) is 31.6 Å². The second-order valence-corrected chi connectivity index (χ2v) is 6.75. The lowest BCUT2D eigenvalue weighted by Crippen LogP contribution is -2.43. The molecule has 1 aromatic heterocycles. The zero-order chi connectivity index (χ0) is 15.5. The first-order chi connectivity index (χ1) is 10.6. The molecule has 122 valence electrons. The van der Waals surface area contributed by atoms with Gasteiger partial charge in [0.25, 0.3) is 5.91 Å². The summed E-state index contributed by atoms with van der Waals surface area (Å²) in [5.74, 6) is 2.49. The first-order valence-corrected chi connectivity index (χ1v) is 8.36. The second-order valence-electron chi connectivity index (χ2n) is 6.75. The zero-order valence-electron chi connectivity index (χ0n) is 13.5. The van der Waals surface area contributed by atoms with E-state index >= 15 is 0 Å². The Morgan fingerprint density at radius 2 is 2.09 bits per heavy atom. The summed E-state index contributed by atoms with van der Waals surface area (Å²) >= 11 is 0. The lowest BCUT2D eigenvalue weighted by molar-refractivity contribution is -0.142. The quantitative estimate of drug-likeness (QED) is 0.852. The smallest absolute Gasteiger partial charge is 0.251 e. The number of hydrogen-bond acceptors (Lipinski definition) is 5. The van der Waals surface area contributed by atoms with Gasteiger partial charge in [-0.15, -0.1) is 0 Å². The van der Waals surface area contributed by atoms with E-state index in [0.717, 1.165) is 56.9 Å². The fraction of sp³-hybridized carbons (Fsp3) is 0.812. The van der Waals surface area contributed by atoms with E-state index in [4.69, 9.17) is 9.26 Å². The molecule has 6 heteroatoms. The molecule has 0 spiro atoms. The van der Waals surface area contributed by atoms with Gasteiger partial charge in [-0.2, -0.15) is 4.98 Å². The Hall–Kier alpha value is -1.43. The van der Waals surface area contributed by atoms with Crippen LogP contribution in [0.4, 0.5) is 0 Å². The molecule has 0 bridgehead atoms. The predicted molar refractivity (Wildman–Crippen MR) is 80.4 cm³/mol. The maximum Gasteiger partial charge on any atom is 0.251 e. The SMILES string of the molecule is CC(C)Cc1noc(C2CCN(C(=O)[C@H]3CCCO3)CC2)n1. The first-order valence-electron chi connectivity index (χ1n) is 8.36. The fourth-order valence-corrected chi connectivity index (χ4v) is 3.20. The minimum Gasteiger partial charge on any atom is -0.368 e. The third-order valence-electron chi connectivity index (χ3n) is 4.44. The second kappa shape index (κ2) is 6.77. The van der Waals surface area contributed by atoms with Gasteiger partial charge in [0.05, 0.1) is 0 Å². The van der Waals surface area contributed by atoms with Crippen LogP contribution in [0.25, 0.3) is 0 Å². The molecule has 0 aromatic carbocycles. The van der Waals surface area contributed by atoms with Crippen LogP contribution < -0.4 is 0 Å². The van der Waals surface area contributed by atoms with Crippen LogP contribution in [-0.2, 0) is 16.0 Å². The normalized spacial score (nSPS) is 23.4. The highest BCUT2D eigenvalue weighted by molar-refractivity contribution is 5.81. The molecule has 22 heavy (non-hydrogen) atoms. The number of carbonyl (C=O) groups is 1. The highest BCUT2D eigenvalue weighted by Gasteiger charge is 2.32. The van der Waals surface area contributed by atoms with Crippen molar-refractivity contribution in [2.45, 2.75) is 58.0 Å². The van der Waals surface area contributed by atoms with Crippen LogP contribution >= 0.6 is 0 Å². The number of ether oxygens (including phenoxy) is 1. The van der Waals surface area contributed by atoms with Gasteiger partial charge < -0.3 is 14.2 Å². The van der Waals surface area contributed by atoms with Crippen LogP contribution in [0.5, 0.6) is 0 Å². The van der Waals surface area contributed by atoms with E-state index in [9.17, 15) is 4.79 Å². The van der Waals surface area contributed by atoms with E-state index in [2.05, 4.69) is 24.0 Å². The Bertz CT molecular complexity index is 500. The van der Waals surface area contributed by atoms with Crippen molar-refractivity contribution in [3.8, 4) is 0 Å². The fourth-order valence-electron chi connectivity index (χ4n) is 3.20. The topological polar surface area (TPSA) is 68.5 Å². The minimum absolute atomic E-state index is 0.155. The molecule has 2 aliphatic rings. The molecular formula is C16H25N3O3. The van der Waals surface area contributed by atoms with Crippen LogP contribution in [0.3, 0.4) is 0 Å². The highest BCUT2D eigenvalue weighted by Crippen LogP contribution is 2.28. The Labute approximate surface area is 131 Å². The van der Waals surface area contributed by atoms with Crippen molar-refractivity contribution in [1.29, 1.82) is 0 Å². The van der Waals surface area contributed by atoms with Crippen molar-refractivity contribution >= 4 is 5.91 Å². The monoisotopic (exact) mass is 307 g/mol. The molecule has 1 amide bonds. The zero-order valence-corrected chi connectivity index (χ0v) is 13.5. The lowest BCUT2D eigenvalue weighted by Gasteiger charge is -2.31. The largest absolute Gasteiger partial charge is 0.368 e. The average molecular weight is 307 g/mol. The average Bonchev–Trinajstić information content (AvgIpc) is 3.17. The molecule has 0 unspecified atom stereocenters. The summed E-state index contributed by atoms with van der Waals surface area (Å²) in [5.41, 5.74) is 0. The number of carbonyl (C=O) groups excluding carboxylic acids is 1. The first kappa shape index (κ1) is 15.5. The third kappa shape index (κ3) is 3.48. The van der Waals surface area contributed by atoms with E-state index in [1.54, 1.807) is 0 Å². The van der Waals surface area contributed by atoms with E-state index in [1.165, 1.54) is 0 Å². The number of likely N-dealkylation sites (tertiary alicyclic amines) is 1. The predicted octanol–water partition coefficient (Wildman–Crippen LogP) is 2.15. The Kier molecular flexibility index (Phi) is 4.76. The number of rotatable bonds is 4. The number of amides is 1. The van der Waals surface area contributed by atoms with Gasteiger partial charge in [0.2, 0.25) is 5.89 Å². The van der Waals surface area contributed by atoms with E-state index < -0.39 is 0 Å². The van der Waals surface area contributed by atoms with Gasteiger partial charge >= 0.3 is 0 Å². The van der Waals surface area contributed by atoms with Crippen molar-refractivity contribution < 1.29 is 14.1 Å². The van der Waals surface area contributed by atoms with Crippen LogP contribution in [-0.4, -0.2) is 46.7 Å². The Morgan fingerprint density at radius 1 is 1.32 bits per heavy atom. The number of piperidine rings is 1. The molecule has 3 heterocycles. The molecular weight excluding hydrogens is 282 g/mol. The lowest BCUT2D eigenvalue weighted by atomic mass is 9.96. The van der Waals surface area contributed by atoms with E-state index in [0.29, 0.717) is 12.5 Å². The van der Waals surface area contributed by atoms with Crippen molar-refractivity contribution in [3.05, 3.63) is 11.7 Å². The molecule has 6 nitrogen and oxygen atoms in total. The Morgan fingerprint density at radius 3 is 2.73 bits per heavy atom. The summed E-state index contributed by atoms with van der Waals surface area (Å²) in [6.45, 7) is 6.51. The van der Waals surface area contributed by atoms with E-state index in [-0.39, 0.29) is 17.9 Å². The number of aromatic nitrogens is 2. The molecule has 3 rings (SSSR count). The molecule has 1 atom stereocenters. The third-order valence-corrected chi connectivity index (χ3v) is 4.44. The summed E-state index contributed by atoms with van der Waals surface area (Å²) in [7, 11) is 0. The number of hydrogen-bond donors (Lipinski definition) is 0. The maximum absolute atomic E-state index is 12.3. The van der Waals surface area contributed by atoms with Crippen LogP contribution in [0.15, 0.2) is 4.52 Å². The number of nitrogens with zero attached hydrogens (tertiary/aromatic N) is 3. The van der Waals surface area contributed by atoms with Crippen molar-refractivity contribution in [2.75, 3.05) is 19.7 Å². The molecule has 0 radical (unpaired) electrons. The highest BCUT2D eigenvalue weighted by atomic mass is 16.5.